The third kappa shape index (κ3) is 3.23. The molecule has 2 rings (SSSR count). The van der Waals surface area contributed by atoms with Crippen LogP contribution in [-0.2, 0) is 5.54 Å². The van der Waals surface area contributed by atoms with Gasteiger partial charge in [0, 0.05) is 6.54 Å². The van der Waals surface area contributed by atoms with E-state index in [2.05, 4.69) is 0 Å². The van der Waals surface area contributed by atoms with Crippen molar-refractivity contribution in [2.45, 2.75) is 5.54 Å². The molecule has 0 aliphatic rings. The van der Waals surface area contributed by atoms with E-state index in [-0.39, 0.29) is 25.0 Å². The zero-order valence-electron chi connectivity index (χ0n) is 10.7. The first-order chi connectivity index (χ1) is 7.77. The zero-order valence-corrected chi connectivity index (χ0v) is 10.7. The van der Waals surface area contributed by atoms with E-state index in [0.717, 1.165) is 11.1 Å². The van der Waals surface area contributed by atoms with Gasteiger partial charge in [0.05, 0.1) is 5.54 Å². The van der Waals surface area contributed by atoms with Gasteiger partial charge in [-0.05, 0) is 11.1 Å². The molecule has 0 heterocycles. The Labute approximate surface area is 120 Å². The summed E-state index contributed by atoms with van der Waals surface area (Å²) in [6.45, 7) is 0.390. The second kappa shape index (κ2) is 7.37. The van der Waals surface area contributed by atoms with Gasteiger partial charge in [-0.25, -0.2) is 0 Å². The van der Waals surface area contributed by atoms with Crippen molar-refractivity contribution in [1.29, 1.82) is 0 Å². The van der Waals surface area contributed by atoms with Gasteiger partial charge in [0.15, 0.2) is 0 Å². The molecule has 0 aliphatic carbocycles. The molecule has 0 saturated heterocycles. The standard InChI is InChI=1S/C14H16N2.Li.H2N/c15-11-14(16,12-7-3-1-4-8-12)13-9-5-2-6-10-13;;/h1-10H,11,15-16H2;;1H2/q;+1;-1. The Bertz CT molecular complexity index is 406. The number of rotatable bonds is 3. The molecule has 0 saturated carbocycles. The van der Waals surface area contributed by atoms with E-state index in [9.17, 15) is 0 Å². The summed E-state index contributed by atoms with van der Waals surface area (Å²) >= 11 is 0. The van der Waals surface area contributed by atoms with Crippen molar-refractivity contribution in [2.24, 2.45) is 11.5 Å². The minimum atomic E-state index is -0.595. The SMILES string of the molecule is NCC(N)(c1ccccc1)c1ccccc1.[Li+].[NH2-]. The van der Waals surface area contributed by atoms with Crippen LogP contribution in [0.4, 0.5) is 0 Å². The summed E-state index contributed by atoms with van der Waals surface area (Å²) in [5.41, 5.74) is 13.8. The molecular formula is C14H18LiN3. The Balaban J connectivity index is 0.00000144. The molecule has 0 spiro atoms. The summed E-state index contributed by atoms with van der Waals surface area (Å²) in [6, 6.07) is 19.9. The summed E-state index contributed by atoms with van der Waals surface area (Å²) in [4.78, 5) is 0. The molecule has 90 valence electrons. The summed E-state index contributed by atoms with van der Waals surface area (Å²) in [7, 11) is 0. The maximum atomic E-state index is 6.41. The molecule has 4 heteroatoms. The van der Waals surface area contributed by atoms with Gasteiger partial charge in [-0.3, -0.25) is 0 Å². The fourth-order valence-electron chi connectivity index (χ4n) is 1.87. The fourth-order valence-corrected chi connectivity index (χ4v) is 1.87. The third-order valence-electron chi connectivity index (χ3n) is 2.90. The maximum Gasteiger partial charge on any atom is 1.00 e. The molecule has 0 fully saturated rings. The summed E-state index contributed by atoms with van der Waals surface area (Å²) in [5, 5.41) is 0. The quantitative estimate of drug-likeness (QED) is 0.707. The predicted octanol–water partition coefficient (Wildman–Crippen LogP) is -0.431. The predicted molar refractivity (Wildman–Crippen MR) is 72.2 cm³/mol. The fraction of sp³-hybridized carbons (Fsp3) is 0.143. The van der Waals surface area contributed by atoms with Crippen molar-refractivity contribution in [1.82, 2.24) is 0 Å². The number of hydrogen-bond acceptors (Lipinski definition) is 2. The molecule has 2 aromatic rings. The second-order valence-electron chi connectivity index (χ2n) is 3.91. The molecule has 0 amide bonds. The Kier molecular flexibility index (Phi) is 6.93. The molecule has 18 heavy (non-hydrogen) atoms. The number of nitrogens with two attached hydrogens (primary N) is 3. The average molecular weight is 235 g/mol. The van der Waals surface area contributed by atoms with E-state index in [1.54, 1.807) is 0 Å². The van der Waals surface area contributed by atoms with Crippen molar-refractivity contribution in [2.75, 3.05) is 6.54 Å². The van der Waals surface area contributed by atoms with Crippen LogP contribution in [0.5, 0.6) is 0 Å². The van der Waals surface area contributed by atoms with Gasteiger partial charge in [0.25, 0.3) is 0 Å². The Morgan fingerprint density at radius 2 is 1.11 bits per heavy atom. The first kappa shape index (κ1) is 16.9. The Hall–Kier alpha value is -1.08. The average Bonchev–Trinajstić information content (AvgIpc) is 2.40. The maximum absolute atomic E-state index is 6.41. The van der Waals surface area contributed by atoms with Gasteiger partial charge in [-0.15, -0.1) is 0 Å². The first-order valence-corrected chi connectivity index (χ1v) is 5.37. The molecule has 0 bridgehead atoms. The summed E-state index contributed by atoms with van der Waals surface area (Å²) in [6.07, 6.45) is 0. The van der Waals surface area contributed by atoms with E-state index in [1.165, 1.54) is 0 Å². The van der Waals surface area contributed by atoms with Crippen LogP contribution in [0.1, 0.15) is 11.1 Å². The minimum absolute atomic E-state index is 0. The van der Waals surface area contributed by atoms with Crippen molar-refractivity contribution in [3.05, 3.63) is 77.9 Å². The normalized spacial score (nSPS) is 10.1. The Morgan fingerprint density at radius 1 is 0.778 bits per heavy atom. The van der Waals surface area contributed by atoms with Crippen LogP contribution in [0, 0.1) is 0 Å². The monoisotopic (exact) mass is 235 g/mol. The van der Waals surface area contributed by atoms with Crippen LogP contribution >= 0.6 is 0 Å². The molecule has 2 aromatic carbocycles. The zero-order chi connectivity index (χ0) is 11.4. The van der Waals surface area contributed by atoms with Gasteiger partial charge < -0.3 is 17.6 Å². The van der Waals surface area contributed by atoms with Crippen LogP contribution in [0.25, 0.3) is 6.15 Å². The molecule has 3 nitrogen and oxygen atoms in total. The van der Waals surface area contributed by atoms with Gasteiger partial charge in [-0.2, -0.15) is 0 Å². The number of benzene rings is 2. The van der Waals surface area contributed by atoms with Crippen molar-refractivity contribution >= 4 is 0 Å². The smallest absolute Gasteiger partial charge is 0.693 e. The first-order valence-electron chi connectivity index (χ1n) is 5.37. The van der Waals surface area contributed by atoms with Crippen LogP contribution in [0.3, 0.4) is 0 Å². The van der Waals surface area contributed by atoms with E-state index in [1.807, 2.05) is 60.7 Å². The van der Waals surface area contributed by atoms with Gasteiger partial charge in [0.2, 0.25) is 0 Å². The van der Waals surface area contributed by atoms with E-state index >= 15 is 0 Å². The molecule has 6 N–H and O–H groups in total. The van der Waals surface area contributed by atoms with Gasteiger partial charge in [-0.1, -0.05) is 60.7 Å². The molecular weight excluding hydrogens is 217 g/mol. The van der Waals surface area contributed by atoms with Crippen LogP contribution < -0.4 is 30.3 Å². The topological polar surface area (TPSA) is 85.5 Å². The van der Waals surface area contributed by atoms with Crippen LogP contribution in [-0.4, -0.2) is 6.54 Å². The molecule has 0 aliphatic heterocycles. The largest absolute Gasteiger partial charge is 1.00 e. The van der Waals surface area contributed by atoms with E-state index in [4.69, 9.17) is 11.5 Å². The number of hydrogen-bond donors (Lipinski definition) is 2. The van der Waals surface area contributed by atoms with Gasteiger partial charge in [0.1, 0.15) is 0 Å². The summed E-state index contributed by atoms with van der Waals surface area (Å²) < 4.78 is 0. The van der Waals surface area contributed by atoms with Gasteiger partial charge >= 0.3 is 18.9 Å². The summed E-state index contributed by atoms with van der Waals surface area (Å²) in [5.74, 6) is 0. The second-order valence-corrected chi connectivity index (χ2v) is 3.91. The Morgan fingerprint density at radius 3 is 1.39 bits per heavy atom. The third-order valence-corrected chi connectivity index (χ3v) is 2.90. The van der Waals surface area contributed by atoms with E-state index < -0.39 is 5.54 Å². The van der Waals surface area contributed by atoms with Crippen LogP contribution in [0.2, 0.25) is 0 Å². The van der Waals surface area contributed by atoms with Crippen molar-refractivity contribution in [3.8, 4) is 0 Å². The van der Waals surface area contributed by atoms with Crippen molar-refractivity contribution in [3.63, 3.8) is 0 Å². The minimum Gasteiger partial charge on any atom is -0.693 e. The van der Waals surface area contributed by atoms with Crippen molar-refractivity contribution < 1.29 is 18.9 Å². The van der Waals surface area contributed by atoms with Crippen LogP contribution in [0.15, 0.2) is 60.7 Å². The molecule has 0 atom stereocenters. The molecule has 0 unspecified atom stereocenters. The molecule has 0 aromatic heterocycles. The molecule has 0 radical (unpaired) electrons. The van der Waals surface area contributed by atoms with E-state index in [0.29, 0.717) is 6.54 Å².